The number of piperazine rings is 1. The third-order valence-electron chi connectivity index (χ3n) is 5.27. The standard InChI is InChI=1S/C20H28N6O2/c1-14-19(15(2)24(3)23-14)22-18(27)13-26-10-9-25(12-17(26)20(21)28)11-16-7-5-4-6-8-16/h4-8,17H,9-13H2,1-3H3,(H2,21,28)(H,22,27)/t17-/m1/s1. The summed E-state index contributed by atoms with van der Waals surface area (Å²) in [7, 11) is 1.84. The molecule has 0 unspecified atom stereocenters. The largest absolute Gasteiger partial charge is 0.368 e. The highest BCUT2D eigenvalue weighted by atomic mass is 16.2. The number of aromatic nitrogens is 2. The Morgan fingerprint density at radius 2 is 1.93 bits per heavy atom. The second-order valence-electron chi connectivity index (χ2n) is 7.33. The van der Waals surface area contributed by atoms with Crippen LogP contribution in [0.25, 0.3) is 0 Å². The van der Waals surface area contributed by atoms with E-state index in [1.807, 2.05) is 44.0 Å². The van der Waals surface area contributed by atoms with E-state index in [0.717, 1.165) is 30.2 Å². The van der Waals surface area contributed by atoms with Crippen LogP contribution in [-0.4, -0.2) is 63.6 Å². The van der Waals surface area contributed by atoms with E-state index >= 15 is 0 Å². The van der Waals surface area contributed by atoms with Crippen molar-refractivity contribution in [3.63, 3.8) is 0 Å². The van der Waals surface area contributed by atoms with Crippen molar-refractivity contribution in [1.29, 1.82) is 0 Å². The monoisotopic (exact) mass is 384 g/mol. The Labute approximate surface area is 165 Å². The van der Waals surface area contributed by atoms with Crippen LogP contribution in [0.5, 0.6) is 0 Å². The van der Waals surface area contributed by atoms with Gasteiger partial charge in [-0.25, -0.2) is 0 Å². The number of nitrogens with zero attached hydrogens (tertiary/aromatic N) is 4. The minimum atomic E-state index is -0.487. The zero-order valence-corrected chi connectivity index (χ0v) is 16.7. The van der Waals surface area contributed by atoms with Crippen molar-refractivity contribution >= 4 is 17.5 Å². The molecule has 1 atom stereocenters. The number of anilines is 1. The number of aryl methyl sites for hydroxylation is 2. The van der Waals surface area contributed by atoms with Gasteiger partial charge in [-0.05, 0) is 19.4 Å². The third-order valence-corrected chi connectivity index (χ3v) is 5.27. The lowest BCUT2D eigenvalue weighted by Crippen LogP contribution is -2.59. The summed E-state index contributed by atoms with van der Waals surface area (Å²) >= 11 is 0. The number of hydrogen-bond acceptors (Lipinski definition) is 5. The van der Waals surface area contributed by atoms with E-state index in [9.17, 15) is 9.59 Å². The first-order valence-corrected chi connectivity index (χ1v) is 9.45. The molecule has 3 N–H and O–H groups in total. The fourth-order valence-corrected chi connectivity index (χ4v) is 3.64. The van der Waals surface area contributed by atoms with Gasteiger partial charge in [-0.15, -0.1) is 0 Å². The normalized spacial score (nSPS) is 18.2. The van der Waals surface area contributed by atoms with Gasteiger partial charge in [0.15, 0.2) is 0 Å². The Morgan fingerprint density at radius 3 is 2.54 bits per heavy atom. The topological polar surface area (TPSA) is 96.5 Å². The lowest BCUT2D eigenvalue weighted by Gasteiger charge is -2.39. The predicted molar refractivity (Wildman–Crippen MR) is 108 cm³/mol. The number of amides is 2. The number of primary amides is 1. The molecular weight excluding hydrogens is 356 g/mol. The number of nitrogens with two attached hydrogens (primary N) is 1. The molecule has 3 rings (SSSR count). The lowest BCUT2D eigenvalue weighted by atomic mass is 10.1. The molecule has 0 aliphatic carbocycles. The zero-order valence-electron chi connectivity index (χ0n) is 16.7. The summed E-state index contributed by atoms with van der Waals surface area (Å²) in [4.78, 5) is 28.7. The first-order chi connectivity index (χ1) is 13.3. The average Bonchev–Trinajstić information content (AvgIpc) is 2.89. The first-order valence-electron chi connectivity index (χ1n) is 9.45. The molecule has 1 saturated heterocycles. The van der Waals surface area contributed by atoms with Crippen molar-refractivity contribution in [3.8, 4) is 0 Å². The number of nitrogens with one attached hydrogen (secondary N) is 1. The molecule has 2 amide bonds. The molecule has 150 valence electrons. The van der Waals surface area contributed by atoms with Crippen LogP contribution >= 0.6 is 0 Å². The van der Waals surface area contributed by atoms with Crippen LogP contribution in [0.2, 0.25) is 0 Å². The van der Waals surface area contributed by atoms with Gasteiger partial charge in [-0.2, -0.15) is 5.10 Å². The minimum Gasteiger partial charge on any atom is -0.368 e. The van der Waals surface area contributed by atoms with Gasteiger partial charge < -0.3 is 11.1 Å². The van der Waals surface area contributed by atoms with Gasteiger partial charge in [-0.1, -0.05) is 30.3 Å². The Hall–Kier alpha value is -2.71. The molecule has 1 aliphatic rings. The summed E-state index contributed by atoms with van der Waals surface area (Å²) < 4.78 is 1.74. The minimum absolute atomic E-state index is 0.126. The van der Waals surface area contributed by atoms with E-state index in [1.54, 1.807) is 4.68 Å². The molecule has 2 aromatic rings. The molecule has 8 nitrogen and oxygen atoms in total. The van der Waals surface area contributed by atoms with Crippen LogP contribution < -0.4 is 11.1 Å². The van der Waals surface area contributed by atoms with Gasteiger partial charge in [0.25, 0.3) is 0 Å². The van der Waals surface area contributed by atoms with Crippen LogP contribution in [-0.2, 0) is 23.2 Å². The highest BCUT2D eigenvalue weighted by molar-refractivity contribution is 5.94. The van der Waals surface area contributed by atoms with Gasteiger partial charge >= 0.3 is 0 Å². The highest BCUT2D eigenvalue weighted by Crippen LogP contribution is 2.19. The summed E-state index contributed by atoms with van der Waals surface area (Å²) in [6.45, 7) is 6.55. The molecule has 1 aromatic carbocycles. The number of rotatable bonds is 6. The van der Waals surface area contributed by atoms with Crippen LogP contribution in [0.3, 0.4) is 0 Å². The Morgan fingerprint density at radius 1 is 1.21 bits per heavy atom. The summed E-state index contributed by atoms with van der Waals surface area (Å²) in [5, 5.41) is 7.24. The van der Waals surface area contributed by atoms with Crippen molar-refractivity contribution in [3.05, 3.63) is 47.3 Å². The molecular formula is C20H28N6O2. The van der Waals surface area contributed by atoms with Crippen LogP contribution in [0.4, 0.5) is 5.69 Å². The van der Waals surface area contributed by atoms with Gasteiger partial charge in [0.1, 0.15) is 6.04 Å². The molecule has 8 heteroatoms. The summed E-state index contributed by atoms with van der Waals surface area (Å²) in [6, 6.07) is 9.64. The lowest BCUT2D eigenvalue weighted by molar-refractivity contribution is -0.127. The van der Waals surface area contributed by atoms with E-state index in [2.05, 4.69) is 27.4 Å². The van der Waals surface area contributed by atoms with Gasteiger partial charge in [-0.3, -0.25) is 24.1 Å². The summed E-state index contributed by atoms with van der Waals surface area (Å²) in [5.41, 5.74) is 9.23. The number of carbonyl (C=O) groups excluding carboxylic acids is 2. The number of benzene rings is 1. The molecule has 0 radical (unpaired) electrons. The fraction of sp³-hybridized carbons (Fsp3) is 0.450. The predicted octanol–water partition coefficient (Wildman–Crippen LogP) is 0.647. The van der Waals surface area contributed by atoms with Gasteiger partial charge in [0.05, 0.1) is 23.6 Å². The smallest absolute Gasteiger partial charge is 0.238 e. The Kier molecular flexibility index (Phi) is 6.11. The third kappa shape index (κ3) is 4.58. The molecule has 0 spiro atoms. The van der Waals surface area contributed by atoms with Crippen molar-refractivity contribution in [1.82, 2.24) is 19.6 Å². The second-order valence-corrected chi connectivity index (χ2v) is 7.33. The van der Waals surface area contributed by atoms with Crippen LogP contribution in [0.1, 0.15) is 17.0 Å². The maximum absolute atomic E-state index is 12.6. The summed E-state index contributed by atoms with van der Waals surface area (Å²) in [5.74, 6) is -0.568. The fourth-order valence-electron chi connectivity index (χ4n) is 3.64. The maximum atomic E-state index is 12.6. The van der Waals surface area contributed by atoms with Crippen LogP contribution in [0, 0.1) is 13.8 Å². The molecule has 1 aliphatic heterocycles. The quantitative estimate of drug-likeness (QED) is 0.762. The van der Waals surface area contributed by atoms with Crippen molar-refractivity contribution in [2.45, 2.75) is 26.4 Å². The molecule has 0 bridgehead atoms. The summed E-state index contributed by atoms with van der Waals surface area (Å²) in [6.07, 6.45) is 0. The van der Waals surface area contributed by atoms with Crippen molar-refractivity contribution in [2.24, 2.45) is 12.8 Å². The SMILES string of the molecule is Cc1nn(C)c(C)c1NC(=O)CN1CCN(Cc2ccccc2)C[C@@H]1C(N)=O. The number of hydrogen-bond donors (Lipinski definition) is 2. The van der Waals surface area contributed by atoms with Crippen molar-refractivity contribution < 1.29 is 9.59 Å². The van der Waals surface area contributed by atoms with E-state index in [4.69, 9.17) is 5.73 Å². The van der Waals surface area contributed by atoms with Crippen molar-refractivity contribution in [2.75, 3.05) is 31.5 Å². The first kappa shape index (κ1) is 20.0. The van der Waals surface area contributed by atoms with Gasteiger partial charge in [0, 0.05) is 33.2 Å². The molecule has 2 heterocycles. The van der Waals surface area contributed by atoms with Gasteiger partial charge in [0.2, 0.25) is 11.8 Å². The van der Waals surface area contributed by atoms with E-state index < -0.39 is 11.9 Å². The Bertz CT molecular complexity index is 848. The van der Waals surface area contributed by atoms with E-state index in [0.29, 0.717) is 13.1 Å². The molecule has 1 aromatic heterocycles. The maximum Gasteiger partial charge on any atom is 0.238 e. The Balaban J connectivity index is 1.62. The molecule has 1 fully saturated rings. The average molecular weight is 384 g/mol. The zero-order chi connectivity index (χ0) is 20.3. The van der Waals surface area contributed by atoms with E-state index in [1.165, 1.54) is 5.56 Å². The molecule has 0 saturated carbocycles. The number of carbonyl (C=O) groups is 2. The highest BCUT2D eigenvalue weighted by Gasteiger charge is 2.32. The van der Waals surface area contributed by atoms with Crippen LogP contribution in [0.15, 0.2) is 30.3 Å². The second kappa shape index (κ2) is 8.53. The van der Waals surface area contributed by atoms with E-state index in [-0.39, 0.29) is 12.5 Å². The molecule has 28 heavy (non-hydrogen) atoms.